The van der Waals surface area contributed by atoms with E-state index < -0.39 is 24.0 Å². The Morgan fingerprint density at radius 2 is 1.59 bits per heavy atom. The first-order valence-electron chi connectivity index (χ1n) is 13.0. The highest BCUT2D eigenvalue weighted by atomic mass is 16.5. The highest BCUT2D eigenvalue weighted by Crippen LogP contribution is 2.25. The van der Waals surface area contributed by atoms with Crippen molar-refractivity contribution < 1.29 is 24.0 Å². The molecule has 0 bridgehead atoms. The molecule has 8 heteroatoms. The SMILES string of the molecule is CC(=O)NC(Cc1cc(C(CC(C)C)NC(=O)Cc2ccc(-c3ccc4ccccc4c3)cc2)no1)C(=O)O. The van der Waals surface area contributed by atoms with Gasteiger partial charge in [-0.2, -0.15) is 0 Å². The number of aliphatic carboxylic acids is 1. The van der Waals surface area contributed by atoms with E-state index in [2.05, 4.69) is 46.1 Å². The zero-order valence-electron chi connectivity index (χ0n) is 22.3. The number of aromatic nitrogens is 1. The minimum absolute atomic E-state index is 0.0478. The molecule has 1 heterocycles. The smallest absolute Gasteiger partial charge is 0.326 e. The van der Waals surface area contributed by atoms with Crippen LogP contribution >= 0.6 is 0 Å². The first-order valence-corrected chi connectivity index (χ1v) is 13.0. The van der Waals surface area contributed by atoms with Gasteiger partial charge in [-0.3, -0.25) is 9.59 Å². The summed E-state index contributed by atoms with van der Waals surface area (Å²) in [4.78, 5) is 35.8. The van der Waals surface area contributed by atoms with E-state index in [4.69, 9.17) is 4.52 Å². The Bertz CT molecular complexity index is 1460. The maximum Gasteiger partial charge on any atom is 0.326 e. The highest BCUT2D eigenvalue weighted by molar-refractivity contribution is 5.87. The molecule has 4 aromatic rings. The molecule has 2 atom stereocenters. The lowest BCUT2D eigenvalue weighted by Crippen LogP contribution is -2.41. The zero-order chi connectivity index (χ0) is 27.9. The number of nitrogens with zero attached hydrogens (tertiary/aromatic N) is 1. The average Bonchev–Trinajstić information content (AvgIpc) is 3.36. The lowest BCUT2D eigenvalue weighted by atomic mass is 9.99. The number of benzene rings is 3. The average molecular weight is 528 g/mol. The second-order valence-corrected chi connectivity index (χ2v) is 10.2. The molecular formula is C31H33N3O5. The summed E-state index contributed by atoms with van der Waals surface area (Å²) < 4.78 is 5.36. The summed E-state index contributed by atoms with van der Waals surface area (Å²) in [7, 11) is 0. The van der Waals surface area contributed by atoms with Crippen molar-refractivity contribution in [3.63, 3.8) is 0 Å². The number of fused-ring (bicyclic) bond motifs is 1. The van der Waals surface area contributed by atoms with Crippen LogP contribution in [0.3, 0.4) is 0 Å². The Balaban J connectivity index is 1.41. The van der Waals surface area contributed by atoms with Gasteiger partial charge in [0.1, 0.15) is 17.5 Å². The second kappa shape index (κ2) is 12.4. The molecule has 0 aliphatic heterocycles. The summed E-state index contributed by atoms with van der Waals surface area (Å²) in [5, 5.41) is 21.3. The van der Waals surface area contributed by atoms with Gasteiger partial charge in [-0.25, -0.2) is 4.79 Å². The standard InChI is InChI=1S/C31H33N3O5/c1-19(2)14-27(28-17-26(39-34-28)18-29(31(37)38)32-20(3)35)33-30(36)15-21-8-10-23(11-9-21)25-13-12-22-6-4-5-7-24(22)16-25/h4-13,16-17,19,27,29H,14-15,18H2,1-3H3,(H,32,35)(H,33,36)(H,37,38). The third kappa shape index (κ3) is 7.54. The van der Waals surface area contributed by atoms with E-state index in [-0.39, 0.29) is 24.7 Å². The largest absolute Gasteiger partial charge is 0.480 e. The highest BCUT2D eigenvalue weighted by Gasteiger charge is 2.24. The van der Waals surface area contributed by atoms with E-state index in [0.717, 1.165) is 16.7 Å². The maximum atomic E-state index is 13.0. The van der Waals surface area contributed by atoms with Crippen LogP contribution in [0.1, 0.15) is 50.3 Å². The van der Waals surface area contributed by atoms with Crippen molar-refractivity contribution in [2.24, 2.45) is 5.92 Å². The van der Waals surface area contributed by atoms with E-state index in [0.29, 0.717) is 17.9 Å². The molecule has 3 N–H and O–H groups in total. The van der Waals surface area contributed by atoms with Crippen LogP contribution in [0.25, 0.3) is 21.9 Å². The van der Waals surface area contributed by atoms with Crippen molar-refractivity contribution in [3.8, 4) is 11.1 Å². The number of carboxylic acids is 1. The summed E-state index contributed by atoms with van der Waals surface area (Å²) in [5.41, 5.74) is 3.61. The summed E-state index contributed by atoms with van der Waals surface area (Å²) in [6.45, 7) is 5.35. The summed E-state index contributed by atoms with van der Waals surface area (Å²) in [6, 6.07) is 22.7. The Morgan fingerprint density at radius 3 is 2.26 bits per heavy atom. The van der Waals surface area contributed by atoms with Crippen LogP contribution in [-0.2, 0) is 27.2 Å². The molecule has 0 radical (unpaired) electrons. The molecular weight excluding hydrogens is 494 g/mol. The second-order valence-electron chi connectivity index (χ2n) is 10.2. The van der Waals surface area contributed by atoms with Gasteiger partial charge in [0.2, 0.25) is 11.8 Å². The predicted octanol–water partition coefficient (Wildman–Crippen LogP) is 5.07. The molecule has 0 saturated heterocycles. The van der Waals surface area contributed by atoms with Gasteiger partial charge in [0.05, 0.1) is 12.5 Å². The maximum absolute atomic E-state index is 13.0. The van der Waals surface area contributed by atoms with E-state index in [9.17, 15) is 19.5 Å². The van der Waals surface area contributed by atoms with Crippen molar-refractivity contribution in [3.05, 3.63) is 89.8 Å². The Morgan fingerprint density at radius 1 is 0.897 bits per heavy atom. The van der Waals surface area contributed by atoms with Gasteiger partial charge < -0.3 is 20.3 Å². The van der Waals surface area contributed by atoms with Crippen LogP contribution in [0.2, 0.25) is 0 Å². The predicted molar refractivity (Wildman–Crippen MR) is 149 cm³/mol. The van der Waals surface area contributed by atoms with Crippen molar-refractivity contribution in [2.45, 2.75) is 52.1 Å². The lowest BCUT2D eigenvalue weighted by molar-refractivity contribution is -0.141. The number of hydrogen-bond acceptors (Lipinski definition) is 5. The monoisotopic (exact) mass is 527 g/mol. The number of amides is 2. The normalized spacial score (nSPS) is 12.7. The summed E-state index contributed by atoms with van der Waals surface area (Å²) in [6.07, 6.45) is 0.793. The molecule has 0 aliphatic rings. The van der Waals surface area contributed by atoms with E-state index in [1.165, 1.54) is 17.7 Å². The van der Waals surface area contributed by atoms with Crippen molar-refractivity contribution in [2.75, 3.05) is 0 Å². The molecule has 8 nitrogen and oxygen atoms in total. The fourth-order valence-electron chi connectivity index (χ4n) is 4.58. The minimum atomic E-state index is -1.16. The number of hydrogen-bond donors (Lipinski definition) is 3. The van der Waals surface area contributed by atoms with Gasteiger partial charge >= 0.3 is 5.97 Å². The van der Waals surface area contributed by atoms with Gasteiger partial charge in [0, 0.05) is 19.4 Å². The Hall–Kier alpha value is -4.46. The van der Waals surface area contributed by atoms with Crippen LogP contribution in [0.15, 0.2) is 77.3 Å². The Kier molecular flexibility index (Phi) is 8.76. The molecule has 202 valence electrons. The number of carbonyl (C=O) groups excluding carboxylic acids is 2. The van der Waals surface area contributed by atoms with Crippen LogP contribution in [0, 0.1) is 5.92 Å². The molecule has 39 heavy (non-hydrogen) atoms. The van der Waals surface area contributed by atoms with Crippen LogP contribution in [0.5, 0.6) is 0 Å². The topological polar surface area (TPSA) is 122 Å². The van der Waals surface area contributed by atoms with Gasteiger partial charge in [0.15, 0.2) is 0 Å². The molecule has 2 unspecified atom stereocenters. The number of rotatable bonds is 11. The number of nitrogens with one attached hydrogen (secondary N) is 2. The molecule has 4 rings (SSSR count). The van der Waals surface area contributed by atoms with Gasteiger partial charge in [0.25, 0.3) is 0 Å². The lowest BCUT2D eigenvalue weighted by Gasteiger charge is -2.18. The van der Waals surface area contributed by atoms with E-state index in [1.54, 1.807) is 6.07 Å². The van der Waals surface area contributed by atoms with Gasteiger partial charge in [-0.15, -0.1) is 0 Å². The molecule has 0 spiro atoms. The van der Waals surface area contributed by atoms with E-state index >= 15 is 0 Å². The molecule has 0 saturated carbocycles. The first-order chi connectivity index (χ1) is 18.7. The van der Waals surface area contributed by atoms with Gasteiger partial charge in [-0.05, 0) is 45.9 Å². The zero-order valence-corrected chi connectivity index (χ0v) is 22.3. The molecule has 1 aromatic heterocycles. The number of carboxylic acid groups (broad SMARTS) is 1. The molecule has 0 aliphatic carbocycles. The van der Waals surface area contributed by atoms with E-state index in [1.807, 2.05) is 50.2 Å². The minimum Gasteiger partial charge on any atom is -0.480 e. The van der Waals surface area contributed by atoms with Crippen molar-refractivity contribution in [1.82, 2.24) is 15.8 Å². The Labute approximate surface area is 227 Å². The fourth-order valence-corrected chi connectivity index (χ4v) is 4.58. The van der Waals surface area contributed by atoms with Crippen molar-refractivity contribution >= 4 is 28.6 Å². The fraction of sp³-hybridized carbons (Fsp3) is 0.290. The third-order valence-corrected chi connectivity index (χ3v) is 6.46. The molecule has 2 amide bonds. The molecule has 0 fully saturated rings. The molecule has 3 aromatic carbocycles. The first kappa shape index (κ1) is 27.6. The van der Waals surface area contributed by atoms with Crippen molar-refractivity contribution in [1.29, 1.82) is 0 Å². The van der Waals surface area contributed by atoms with Crippen LogP contribution in [0.4, 0.5) is 0 Å². The van der Waals surface area contributed by atoms with Crippen LogP contribution < -0.4 is 10.6 Å². The number of carbonyl (C=O) groups is 3. The van der Waals surface area contributed by atoms with Gasteiger partial charge in [-0.1, -0.05) is 79.7 Å². The van der Waals surface area contributed by atoms with Crippen LogP contribution in [-0.4, -0.2) is 34.1 Å². The quantitative estimate of drug-likeness (QED) is 0.250. The summed E-state index contributed by atoms with van der Waals surface area (Å²) in [5.74, 6) is -1.18. The summed E-state index contributed by atoms with van der Waals surface area (Å²) >= 11 is 0. The third-order valence-electron chi connectivity index (χ3n) is 6.46.